The summed E-state index contributed by atoms with van der Waals surface area (Å²) in [7, 11) is 0. The third kappa shape index (κ3) is 2.49. The fourth-order valence-corrected chi connectivity index (χ4v) is 3.24. The minimum absolute atomic E-state index is 0.0280. The molecule has 5 heteroatoms. The molecule has 20 heavy (non-hydrogen) atoms. The number of fused-ring (bicyclic) bond motifs is 1. The van der Waals surface area contributed by atoms with Crippen molar-refractivity contribution in [3.05, 3.63) is 35.2 Å². The molecule has 1 N–H and O–H groups in total. The van der Waals surface area contributed by atoms with Crippen LogP contribution in [0, 0.1) is 0 Å². The average molecular weight is 290 g/mol. The number of thiophene rings is 1. The number of benzene rings is 1. The molecule has 0 radical (unpaired) electrons. The number of carboxylic acid groups (broad SMARTS) is 1. The Hall–Kier alpha value is -2.01. The molecular weight excluding hydrogens is 276 g/mol. The molecule has 1 aromatic carbocycles. The van der Waals surface area contributed by atoms with E-state index in [0.717, 1.165) is 26.8 Å². The van der Waals surface area contributed by atoms with Crippen LogP contribution in [0.4, 0.5) is 0 Å². The molecule has 0 aliphatic carbocycles. The van der Waals surface area contributed by atoms with Gasteiger partial charge in [0.15, 0.2) is 11.5 Å². The quantitative estimate of drug-likeness (QED) is 0.932. The first kappa shape index (κ1) is 13.0. The maximum absolute atomic E-state index is 10.8. The predicted octanol–water partition coefficient (Wildman–Crippen LogP) is 3.72. The van der Waals surface area contributed by atoms with Gasteiger partial charge in [0.05, 0.1) is 6.42 Å². The normalized spacial score (nSPS) is 14.2. The van der Waals surface area contributed by atoms with Crippen LogP contribution < -0.4 is 9.47 Å². The molecule has 104 valence electrons. The fraction of sp³-hybridized carbons (Fsp3) is 0.267. The molecule has 1 aromatic heterocycles. The summed E-state index contributed by atoms with van der Waals surface area (Å²) < 4.78 is 10.7. The Morgan fingerprint density at radius 2 is 2.10 bits per heavy atom. The van der Waals surface area contributed by atoms with E-state index in [1.165, 1.54) is 0 Å². The molecule has 1 unspecified atom stereocenters. The molecule has 1 aliphatic rings. The van der Waals surface area contributed by atoms with Gasteiger partial charge in [0.1, 0.15) is 0 Å². The second-order valence-corrected chi connectivity index (χ2v) is 5.88. The molecule has 2 heterocycles. The van der Waals surface area contributed by atoms with Crippen molar-refractivity contribution in [1.82, 2.24) is 0 Å². The number of hydrogen-bond donors (Lipinski definition) is 1. The third-order valence-electron chi connectivity index (χ3n) is 3.25. The molecule has 0 saturated heterocycles. The van der Waals surface area contributed by atoms with Gasteiger partial charge in [-0.05, 0) is 35.9 Å². The lowest BCUT2D eigenvalue weighted by molar-refractivity contribution is -0.137. The molecule has 1 atom stereocenters. The van der Waals surface area contributed by atoms with Gasteiger partial charge in [-0.15, -0.1) is 11.3 Å². The molecule has 0 fully saturated rings. The first-order valence-corrected chi connectivity index (χ1v) is 7.16. The summed E-state index contributed by atoms with van der Waals surface area (Å²) in [6.07, 6.45) is 0.154. The molecule has 0 saturated carbocycles. The van der Waals surface area contributed by atoms with E-state index in [0.29, 0.717) is 0 Å². The van der Waals surface area contributed by atoms with Crippen molar-refractivity contribution in [2.75, 3.05) is 6.79 Å². The number of carbonyl (C=O) groups is 1. The lowest BCUT2D eigenvalue weighted by atomic mass is 10.1. The van der Waals surface area contributed by atoms with Gasteiger partial charge in [-0.25, -0.2) is 0 Å². The first-order chi connectivity index (χ1) is 9.63. The smallest absolute Gasteiger partial charge is 0.303 e. The largest absolute Gasteiger partial charge is 0.481 e. The van der Waals surface area contributed by atoms with E-state index in [-0.39, 0.29) is 19.1 Å². The summed E-state index contributed by atoms with van der Waals surface area (Å²) in [6.45, 7) is 2.20. The van der Waals surface area contributed by atoms with Crippen LogP contribution in [0.15, 0.2) is 30.3 Å². The van der Waals surface area contributed by atoms with E-state index in [1.54, 1.807) is 11.3 Å². The Bertz CT molecular complexity index is 647. The minimum atomic E-state index is -0.768. The van der Waals surface area contributed by atoms with Crippen molar-refractivity contribution in [2.45, 2.75) is 19.3 Å². The van der Waals surface area contributed by atoms with Gasteiger partial charge in [-0.2, -0.15) is 0 Å². The van der Waals surface area contributed by atoms with Crippen molar-refractivity contribution in [3.8, 4) is 21.9 Å². The minimum Gasteiger partial charge on any atom is -0.481 e. The number of ether oxygens (including phenoxy) is 2. The molecule has 0 amide bonds. The summed E-state index contributed by atoms with van der Waals surface area (Å²) in [4.78, 5) is 13.0. The molecule has 0 spiro atoms. The molecule has 0 bridgehead atoms. The number of carboxylic acids is 1. The maximum atomic E-state index is 10.8. The van der Waals surface area contributed by atoms with Gasteiger partial charge in [0.2, 0.25) is 6.79 Å². The molecule has 3 rings (SSSR count). The number of rotatable bonds is 4. The SMILES string of the molecule is CC(CC(=O)O)c1ccc(-c2ccc3c(c2)OCO3)s1. The van der Waals surface area contributed by atoms with E-state index in [9.17, 15) is 4.79 Å². The predicted molar refractivity (Wildman–Crippen MR) is 76.5 cm³/mol. The third-order valence-corrected chi connectivity index (χ3v) is 4.62. The van der Waals surface area contributed by atoms with Gasteiger partial charge in [0, 0.05) is 15.7 Å². The highest BCUT2D eigenvalue weighted by molar-refractivity contribution is 7.15. The fourth-order valence-electron chi connectivity index (χ4n) is 2.19. The molecule has 4 nitrogen and oxygen atoms in total. The lowest BCUT2D eigenvalue weighted by Crippen LogP contribution is -2.00. The van der Waals surface area contributed by atoms with Crippen LogP contribution in [0.25, 0.3) is 10.4 Å². The Morgan fingerprint density at radius 1 is 1.30 bits per heavy atom. The van der Waals surface area contributed by atoms with E-state index >= 15 is 0 Å². The van der Waals surface area contributed by atoms with E-state index in [2.05, 4.69) is 0 Å². The van der Waals surface area contributed by atoms with Gasteiger partial charge < -0.3 is 14.6 Å². The number of hydrogen-bond acceptors (Lipinski definition) is 4. The Kier molecular flexibility index (Phi) is 3.36. The van der Waals surface area contributed by atoms with Crippen molar-refractivity contribution in [2.24, 2.45) is 0 Å². The highest BCUT2D eigenvalue weighted by atomic mass is 32.1. The Morgan fingerprint density at radius 3 is 2.90 bits per heavy atom. The van der Waals surface area contributed by atoms with Gasteiger partial charge in [0.25, 0.3) is 0 Å². The molecular formula is C15H14O4S. The van der Waals surface area contributed by atoms with Crippen LogP contribution in [-0.4, -0.2) is 17.9 Å². The maximum Gasteiger partial charge on any atom is 0.303 e. The summed E-state index contributed by atoms with van der Waals surface area (Å²) in [5, 5.41) is 8.85. The summed E-state index contributed by atoms with van der Waals surface area (Å²) in [5.41, 5.74) is 1.06. The zero-order chi connectivity index (χ0) is 14.1. The van der Waals surface area contributed by atoms with Crippen LogP contribution in [0.1, 0.15) is 24.1 Å². The second kappa shape index (κ2) is 5.17. The highest BCUT2D eigenvalue weighted by Gasteiger charge is 2.16. The Labute approximate surface area is 120 Å². The van der Waals surface area contributed by atoms with E-state index in [4.69, 9.17) is 14.6 Å². The average Bonchev–Trinajstić information content (AvgIpc) is 3.06. The van der Waals surface area contributed by atoms with Crippen molar-refractivity contribution >= 4 is 17.3 Å². The van der Waals surface area contributed by atoms with Gasteiger partial charge in [-0.1, -0.05) is 6.92 Å². The van der Waals surface area contributed by atoms with E-state index in [1.807, 2.05) is 37.3 Å². The van der Waals surface area contributed by atoms with Crippen molar-refractivity contribution in [3.63, 3.8) is 0 Å². The van der Waals surface area contributed by atoms with Gasteiger partial charge in [-0.3, -0.25) is 4.79 Å². The Balaban J connectivity index is 1.84. The van der Waals surface area contributed by atoms with Crippen LogP contribution in [0.5, 0.6) is 11.5 Å². The van der Waals surface area contributed by atoms with Crippen LogP contribution in [0.2, 0.25) is 0 Å². The monoisotopic (exact) mass is 290 g/mol. The highest BCUT2D eigenvalue weighted by Crippen LogP contribution is 2.39. The van der Waals surface area contributed by atoms with Gasteiger partial charge >= 0.3 is 5.97 Å². The molecule has 1 aliphatic heterocycles. The summed E-state index contributed by atoms with van der Waals surface area (Å²) in [5.74, 6) is 0.789. The topological polar surface area (TPSA) is 55.8 Å². The van der Waals surface area contributed by atoms with Crippen LogP contribution in [-0.2, 0) is 4.79 Å². The van der Waals surface area contributed by atoms with Crippen LogP contribution in [0.3, 0.4) is 0 Å². The standard InChI is InChI=1S/C15H14O4S/c1-9(6-15(16)17)13-4-5-14(20-13)10-2-3-11-12(7-10)19-8-18-11/h2-5,7,9H,6,8H2,1H3,(H,16,17). The summed E-state index contributed by atoms with van der Waals surface area (Å²) >= 11 is 1.62. The molecule has 2 aromatic rings. The second-order valence-electron chi connectivity index (χ2n) is 4.77. The van der Waals surface area contributed by atoms with Crippen molar-refractivity contribution in [1.29, 1.82) is 0 Å². The summed E-state index contributed by atoms with van der Waals surface area (Å²) in [6, 6.07) is 9.87. The lowest BCUT2D eigenvalue weighted by Gasteiger charge is -2.04. The zero-order valence-corrected chi connectivity index (χ0v) is 11.8. The zero-order valence-electron chi connectivity index (χ0n) is 11.0. The van der Waals surface area contributed by atoms with Crippen LogP contribution >= 0.6 is 11.3 Å². The van der Waals surface area contributed by atoms with Crippen molar-refractivity contribution < 1.29 is 19.4 Å². The van der Waals surface area contributed by atoms with E-state index < -0.39 is 5.97 Å². The number of aliphatic carboxylic acids is 1. The first-order valence-electron chi connectivity index (χ1n) is 6.35.